The number of aromatic nitrogens is 3. The molecule has 0 aliphatic heterocycles. The van der Waals surface area contributed by atoms with E-state index in [-0.39, 0.29) is 0 Å². The van der Waals surface area contributed by atoms with Gasteiger partial charge in [0.15, 0.2) is 5.82 Å². The number of methoxy groups -OCH3 is 1. The van der Waals surface area contributed by atoms with E-state index < -0.39 is 0 Å². The molecule has 2 aromatic rings. The number of hydrogen-bond acceptors (Lipinski definition) is 7. The largest absolute Gasteiger partial charge is 0.479 e. The number of nitrogens with one attached hydrogen (secondary N) is 1. The summed E-state index contributed by atoms with van der Waals surface area (Å²) in [7, 11) is 1.53. The Morgan fingerprint density at radius 1 is 1.44 bits per heavy atom. The van der Waals surface area contributed by atoms with Crippen molar-refractivity contribution in [3.05, 3.63) is 22.4 Å². The summed E-state index contributed by atoms with van der Waals surface area (Å²) in [4.78, 5) is 12.4. The average Bonchev–Trinajstić information content (AvgIpc) is 2.77. The smallest absolute Gasteiger partial charge is 0.242 e. The fourth-order valence-corrected chi connectivity index (χ4v) is 2.26. The van der Waals surface area contributed by atoms with Gasteiger partial charge in [-0.1, -0.05) is 0 Å². The van der Waals surface area contributed by atoms with E-state index in [9.17, 15) is 0 Å². The number of hydrogen-bond donors (Lipinski definition) is 2. The summed E-state index contributed by atoms with van der Waals surface area (Å²) in [6.07, 6.45) is 2.26. The number of anilines is 2. The fraction of sp³-hybridized carbons (Fsp3) is 0.364. The number of nitrogens with zero attached hydrogens (tertiary/aromatic N) is 3. The van der Waals surface area contributed by atoms with Crippen LogP contribution < -0.4 is 15.8 Å². The van der Waals surface area contributed by atoms with Gasteiger partial charge in [0, 0.05) is 24.0 Å². The van der Waals surface area contributed by atoms with Crippen molar-refractivity contribution in [1.82, 2.24) is 15.0 Å². The Morgan fingerprint density at radius 3 is 2.94 bits per heavy atom. The van der Waals surface area contributed by atoms with Crippen LogP contribution in [-0.2, 0) is 6.42 Å². The third-order valence-corrected chi connectivity index (χ3v) is 3.37. The Morgan fingerprint density at radius 2 is 2.28 bits per heavy atom. The Kier molecular flexibility index (Phi) is 3.93. The zero-order chi connectivity index (χ0) is 13.0. The second-order valence-corrected chi connectivity index (χ2v) is 4.65. The van der Waals surface area contributed by atoms with Crippen LogP contribution in [0.2, 0.25) is 0 Å². The Labute approximate surface area is 109 Å². The summed E-state index contributed by atoms with van der Waals surface area (Å²) >= 11 is 1.66. The van der Waals surface area contributed by atoms with Gasteiger partial charge in [-0.2, -0.15) is 4.98 Å². The van der Waals surface area contributed by atoms with Crippen LogP contribution in [0.4, 0.5) is 11.5 Å². The molecule has 0 radical (unpaired) electrons. The van der Waals surface area contributed by atoms with Crippen molar-refractivity contribution in [1.29, 1.82) is 0 Å². The molecule has 0 aliphatic carbocycles. The molecule has 2 heterocycles. The molecule has 3 N–H and O–H groups in total. The van der Waals surface area contributed by atoms with Crippen LogP contribution in [0.5, 0.6) is 5.88 Å². The maximum atomic E-state index is 5.85. The van der Waals surface area contributed by atoms with E-state index in [1.807, 2.05) is 12.3 Å². The predicted molar refractivity (Wildman–Crippen MR) is 72.0 cm³/mol. The van der Waals surface area contributed by atoms with Gasteiger partial charge in [0.05, 0.1) is 12.1 Å². The van der Waals surface area contributed by atoms with Gasteiger partial charge in [0.2, 0.25) is 5.88 Å². The molecule has 0 amide bonds. The molecule has 2 rings (SSSR count). The van der Waals surface area contributed by atoms with Crippen molar-refractivity contribution < 1.29 is 4.74 Å². The molecule has 0 fully saturated rings. The van der Waals surface area contributed by atoms with E-state index in [1.165, 1.54) is 13.4 Å². The van der Waals surface area contributed by atoms with Crippen LogP contribution >= 0.6 is 11.3 Å². The third-order valence-electron chi connectivity index (χ3n) is 2.34. The number of aryl methyl sites for hydroxylation is 1. The van der Waals surface area contributed by atoms with Crippen LogP contribution in [0.15, 0.2) is 11.7 Å². The van der Waals surface area contributed by atoms with Crippen LogP contribution in [0.3, 0.4) is 0 Å². The second kappa shape index (κ2) is 5.63. The third kappa shape index (κ3) is 2.86. The Bertz CT molecular complexity index is 528. The van der Waals surface area contributed by atoms with Crippen molar-refractivity contribution in [2.24, 2.45) is 0 Å². The normalized spacial score (nSPS) is 10.3. The number of ether oxygens (including phenoxy) is 1. The lowest BCUT2D eigenvalue weighted by atomic mass is 10.4. The minimum atomic E-state index is 0.387. The summed E-state index contributed by atoms with van der Waals surface area (Å²) in [6, 6.07) is 0. The average molecular weight is 265 g/mol. The maximum absolute atomic E-state index is 5.85. The Hall–Kier alpha value is -1.89. The first-order chi connectivity index (χ1) is 8.70. The highest BCUT2D eigenvalue weighted by molar-refractivity contribution is 7.09. The zero-order valence-electron chi connectivity index (χ0n) is 10.3. The predicted octanol–water partition coefficient (Wildman–Crippen LogP) is 1.49. The molecule has 18 heavy (non-hydrogen) atoms. The second-order valence-electron chi connectivity index (χ2n) is 3.70. The van der Waals surface area contributed by atoms with Crippen molar-refractivity contribution in [3.63, 3.8) is 0 Å². The van der Waals surface area contributed by atoms with Gasteiger partial charge in [-0.15, -0.1) is 11.3 Å². The highest BCUT2D eigenvalue weighted by atomic mass is 32.1. The van der Waals surface area contributed by atoms with Gasteiger partial charge in [0.1, 0.15) is 12.0 Å². The summed E-state index contributed by atoms with van der Waals surface area (Å²) in [5.41, 5.74) is 7.33. The van der Waals surface area contributed by atoms with Crippen LogP contribution in [0.1, 0.15) is 10.7 Å². The molecule has 0 atom stereocenters. The number of rotatable bonds is 5. The van der Waals surface area contributed by atoms with E-state index in [0.717, 1.165) is 23.7 Å². The zero-order valence-corrected chi connectivity index (χ0v) is 11.1. The lowest BCUT2D eigenvalue weighted by molar-refractivity contribution is 0.399. The maximum Gasteiger partial charge on any atom is 0.242 e. The standard InChI is InChI=1S/C11H15N5OS/c1-7-5-18-8(16-7)3-4-13-10-9(12)11(17-2)15-6-14-10/h5-6H,3-4,12H2,1-2H3,(H,13,14,15). The molecule has 7 heteroatoms. The van der Waals surface area contributed by atoms with Gasteiger partial charge in [-0.25, -0.2) is 9.97 Å². The van der Waals surface area contributed by atoms with Gasteiger partial charge >= 0.3 is 0 Å². The van der Waals surface area contributed by atoms with Gasteiger partial charge < -0.3 is 15.8 Å². The minimum absolute atomic E-state index is 0.387. The quantitative estimate of drug-likeness (QED) is 0.851. The molecule has 6 nitrogen and oxygen atoms in total. The van der Waals surface area contributed by atoms with Crippen LogP contribution in [0, 0.1) is 6.92 Å². The molecule has 0 bridgehead atoms. The fourth-order valence-electron chi connectivity index (χ4n) is 1.49. The van der Waals surface area contributed by atoms with E-state index in [2.05, 4.69) is 20.3 Å². The Balaban J connectivity index is 1.94. The SMILES string of the molecule is COc1ncnc(NCCc2nc(C)cs2)c1N. The highest BCUT2D eigenvalue weighted by Gasteiger charge is 2.07. The van der Waals surface area contributed by atoms with Gasteiger partial charge in [-0.05, 0) is 6.92 Å². The molecule has 0 aromatic carbocycles. The molecular weight excluding hydrogens is 250 g/mol. The highest BCUT2D eigenvalue weighted by Crippen LogP contribution is 2.23. The summed E-state index contributed by atoms with van der Waals surface area (Å²) < 4.78 is 5.03. The molecule has 0 saturated heterocycles. The van der Waals surface area contributed by atoms with Gasteiger partial charge in [0.25, 0.3) is 0 Å². The molecule has 0 unspecified atom stereocenters. The van der Waals surface area contributed by atoms with E-state index in [4.69, 9.17) is 10.5 Å². The van der Waals surface area contributed by atoms with E-state index in [1.54, 1.807) is 11.3 Å². The molecule has 0 spiro atoms. The first kappa shape index (κ1) is 12.6. The molecule has 2 aromatic heterocycles. The van der Waals surface area contributed by atoms with Crippen molar-refractivity contribution >= 4 is 22.8 Å². The van der Waals surface area contributed by atoms with Crippen molar-refractivity contribution in [2.45, 2.75) is 13.3 Å². The van der Waals surface area contributed by atoms with Crippen LogP contribution in [0.25, 0.3) is 0 Å². The number of nitrogens with two attached hydrogens (primary N) is 1. The summed E-state index contributed by atoms with van der Waals surface area (Å²) in [5.74, 6) is 0.979. The van der Waals surface area contributed by atoms with Crippen molar-refractivity contribution in [2.75, 3.05) is 24.7 Å². The summed E-state index contributed by atoms with van der Waals surface area (Å²) in [5, 5.41) is 6.29. The molecule has 96 valence electrons. The first-order valence-electron chi connectivity index (χ1n) is 5.50. The van der Waals surface area contributed by atoms with Gasteiger partial charge in [-0.3, -0.25) is 0 Å². The van der Waals surface area contributed by atoms with E-state index in [0.29, 0.717) is 17.4 Å². The topological polar surface area (TPSA) is 86.0 Å². The lowest BCUT2D eigenvalue weighted by Crippen LogP contribution is -2.09. The number of nitrogen functional groups attached to an aromatic ring is 1. The summed E-state index contributed by atoms with van der Waals surface area (Å²) in [6.45, 7) is 2.71. The van der Waals surface area contributed by atoms with Crippen molar-refractivity contribution in [3.8, 4) is 5.88 Å². The van der Waals surface area contributed by atoms with E-state index >= 15 is 0 Å². The van der Waals surface area contributed by atoms with Crippen LogP contribution in [-0.4, -0.2) is 28.6 Å². The monoisotopic (exact) mass is 265 g/mol. The first-order valence-corrected chi connectivity index (χ1v) is 6.38. The molecular formula is C11H15N5OS. The minimum Gasteiger partial charge on any atom is -0.479 e. The molecule has 0 aliphatic rings. The number of thiazole rings is 1. The lowest BCUT2D eigenvalue weighted by Gasteiger charge is -2.09. The molecule has 0 saturated carbocycles.